The summed E-state index contributed by atoms with van der Waals surface area (Å²) in [6.45, 7) is 1.69. The number of rotatable bonds is 2. The van der Waals surface area contributed by atoms with Crippen molar-refractivity contribution in [1.82, 2.24) is 4.98 Å². The third kappa shape index (κ3) is 1.87. The van der Waals surface area contributed by atoms with Crippen LogP contribution in [0.4, 0.5) is 0 Å². The minimum absolute atomic E-state index is 0.0532. The van der Waals surface area contributed by atoms with Crippen LogP contribution in [0.2, 0.25) is 0 Å². The Balaban J connectivity index is 2.52. The van der Waals surface area contributed by atoms with Gasteiger partial charge in [0.15, 0.2) is 5.78 Å². The highest BCUT2D eigenvalue weighted by Gasteiger charge is 2.10. The molecule has 1 atom stereocenters. The van der Waals surface area contributed by atoms with Gasteiger partial charge >= 0.3 is 0 Å². The molecule has 1 heterocycles. The number of hydrogen-bond donors (Lipinski definition) is 1. The zero-order valence-corrected chi connectivity index (χ0v) is 8.47. The van der Waals surface area contributed by atoms with Crippen LogP contribution in [0.3, 0.4) is 0 Å². The van der Waals surface area contributed by atoms with Crippen molar-refractivity contribution < 1.29 is 4.79 Å². The Hall–Kier alpha value is -1.74. The monoisotopic (exact) mass is 200 g/mol. The summed E-state index contributed by atoms with van der Waals surface area (Å²) in [5.41, 5.74) is 6.99. The number of hydrogen-bond acceptors (Lipinski definition) is 3. The van der Waals surface area contributed by atoms with Crippen LogP contribution in [0.1, 0.15) is 17.3 Å². The minimum Gasteiger partial charge on any atom is -0.321 e. The minimum atomic E-state index is -0.467. The number of nitrogens with zero attached hydrogens (tertiary/aromatic N) is 1. The first-order valence-corrected chi connectivity index (χ1v) is 4.83. The van der Waals surface area contributed by atoms with Gasteiger partial charge in [0, 0.05) is 17.1 Å². The molecule has 1 aromatic carbocycles. The van der Waals surface area contributed by atoms with E-state index in [1.807, 2.05) is 18.2 Å². The second-order valence-corrected chi connectivity index (χ2v) is 3.56. The molecule has 3 heteroatoms. The molecule has 2 N–H and O–H groups in total. The van der Waals surface area contributed by atoms with Crippen molar-refractivity contribution in [3.05, 3.63) is 42.1 Å². The maximum absolute atomic E-state index is 11.6. The predicted octanol–water partition coefficient (Wildman–Crippen LogP) is 1.76. The molecule has 15 heavy (non-hydrogen) atoms. The second kappa shape index (κ2) is 3.79. The fourth-order valence-corrected chi connectivity index (χ4v) is 1.48. The molecule has 2 aromatic rings. The number of carbonyl (C=O) groups is 1. The van der Waals surface area contributed by atoms with Gasteiger partial charge in [-0.05, 0) is 19.1 Å². The maximum atomic E-state index is 11.6. The molecule has 0 saturated heterocycles. The highest BCUT2D eigenvalue weighted by atomic mass is 16.1. The molecule has 0 aliphatic heterocycles. The van der Waals surface area contributed by atoms with Crippen LogP contribution in [0, 0.1) is 0 Å². The van der Waals surface area contributed by atoms with Gasteiger partial charge in [-0.15, -0.1) is 0 Å². The van der Waals surface area contributed by atoms with Crippen LogP contribution in [0.15, 0.2) is 36.5 Å². The number of ketones is 1. The summed E-state index contributed by atoms with van der Waals surface area (Å²) in [5, 5.41) is 1.03. The molecular formula is C12H12N2O. The molecule has 2 rings (SSSR count). The van der Waals surface area contributed by atoms with Gasteiger partial charge in [0.05, 0.1) is 11.6 Å². The quantitative estimate of drug-likeness (QED) is 0.751. The lowest BCUT2D eigenvalue weighted by Crippen LogP contribution is -2.26. The molecule has 0 bridgehead atoms. The molecular weight excluding hydrogens is 188 g/mol. The molecule has 3 nitrogen and oxygen atoms in total. The Labute approximate surface area is 87.9 Å². The smallest absolute Gasteiger partial charge is 0.179 e. The lowest BCUT2D eigenvalue weighted by Gasteiger charge is -2.04. The molecule has 0 spiro atoms. The van der Waals surface area contributed by atoms with Crippen molar-refractivity contribution in [2.75, 3.05) is 0 Å². The van der Waals surface area contributed by atoms with Crippen LogP contribution < -0.4 is 5.73 Å². The highest BCUT2D eigenvalue weighted by Crippen LogP contribution is 2.14. The van der Waals surface area contributed by atoms with Crippen LogP contribution in [0.25, 0.3) is 10.9 Å². The van der Waals surface area contributed by atoms with Gasteiger partial charge < -0.3 is 5.73 Å². The lowest BCUT2D eigenvalue weighted by molar-refractivity contribution is 0.0968. The Morgan fingerprint density at radius 1 is 1.40 bits per heavy atom. The third-order valence-electron chi connectivity index (χ3n) is 2.30. The average molecular weight is 200 g/mol. The molecule has 1 unspecified atom stereocenters. The van der Waals surface area contributed by atoms with E-state index in [1.54, 1.807) is 25.3 Å². The summed E-state index contributed by atoms with van der Waals surface area (Å²) in [5.74, 6) is -0.0532. The fourth-order valence-electron chi connectivity index (χ4n) is 1.48. The van der Waals surface area contributed by atoms with Gasteiger partial charge in [-0.3, -0.25) is 9.78 Å². The van der Waals surface area contributed by atoms with Crippen LogP contribution in [0.5, 0.6) is 0 Å². The first kappa shape index (κ1) is 9.80. The fraction of sp³-hybridized carbons (Fsp3) is 0.167. The molecule has 0 radical (unpaired) electrons. The SMILES string of the molecule is CC(N)C(=O)c1ccc2cccnc2c1. The summed E-state index contributed by atoms with van der Waals surface area (Å²) in [6.07, 6.45) is 1.71. The first-order valence-electron chi connectivity index (χ1n) is 4.83. The normalized spacial score (nSPS) is 12.7. The van der Waals surface area contributed by atoms with E-state index in [4.69, 9.17) is 5.73 Å². The molecule has 0 saturated carbocycles. The highest BCUT2D eigenvalue weighted by molar-refractivity contribution is 6.02. The molecule has 0 fully saturated rings. The van der Waals surface area contributed by atoms with E-state index in [1.165, 1.54) is 0 Å². The number of aromatic nitrogens is 1. The van der Waals surface area contributed by atoms with E-state index in [9.17, 15) is 4.79 Å². The summed E-state index contributed by atoms with van der Waals surface area (Å²) in [6, 6.07) is 8.82. The predicted molar refractivity (Wildman–Crippen MR) is 59.7 cm³/mol. The van der Waals surface area contributed by atoms with Crippen molar-refractivity contribution in [3.63, 3.8) is 0 Å². The van der Waals surface area contributed by atoms with E-state index in [2.05, 4.69) is 4.98 Å². The first-order chi connectivity index (χ1) is 7.18. The number of pyridine rings is 1. The number of carbonyl (C=O) groups excluding carboxylic acids is 1. The topological polar surface area (TPSA) is 56.0 Å². The van der Waals surface area contributed by atoms with Gasteiger partial charge in [0.25, 0.3) is 0 Å². The number of nitrogens with two attached hydrogens (primary N) is 1. The zero-order valence-electron chi connectivity index (χ0n) is 8.47. The summed E-state index contributed by atoms with van der Waals surface area (Å²) in [4.78, 5) is 15.8. The van der Waals surface area contributed by atoms with Gasteiger partial charge in [-0.2, -0.15) is 0 Å². The van der Waals surface area contributed by atoms with Crippen molar-refractivity contribution >= 4 is 16.7 Å². The summed E-state index contributed by atoms with van der Waals surface area (Å²) in [7, 11) is 0. The Morgan fingerprint density at radius 3 is 2.93 bits per heavy atom. The average Bonchev–Trinajstić information content (AvgIpc) is 2.27. The van der Waals surface area contributed by atoms with Crippen molar-refractivity contribution in [3.8, 4) is 0 Å². The maximum Gasteiger partial charge on any atom is 0.179 e. The van der Waals surface area contributed by atoms with Crippen LogP contribution >= 0.6 is 0 Å². The molecule has 0 aliphatic carbocycles. The van der Waals surface area contributed by atoms with Crippen LogP contribution in [-0.4, -0.2) is 16.8 Å². The van der Waals surface area contributed by atoms with Crippen LogP contribution in [-0.2, 0) is 0 Å². The Kier molecular flexibility index (Phi) is 2.47. The third-order valence-corrected chi connectivity index (χ3v) is 2.30. The van der Waals surface area contributed by atoms with Gasteiger partial charge in [0.1, 0.15) is 0 Å². The number of benzene rings is 1. The largest absolute Gasteiger partial charge is 0.321 e. The zero-order chi connectivity index (χ0) is 10.8. The van der Waals surface area contributed by atoms with E-state index in [0.29, 0.717) is 5.56 Å². The standard InChI is InChI=1S/C12H12N2O/c1-8(13)12(15)10-5-4-9-3-2-6-14-11(9)7-10/h2-8H,13H2,1H3. The van der Waals surface area contributed by atoms with E-state index < -0.39 is 6.04 Å². The van der Waals surface area contributed by atoms with Crippen molar-refractivity contribution in [2.24, 2.45) is 5.73 Å². The lowest BCUT2D eigenvalue weighted by atomic mass is 10.0. The summed E-state index contributed by atoms with van der Waals surface area (Å²) < 4.78 is 0. The van der Waals surface area contributed by atoms with Crippen molar-refractivity contribution in [1.29, 1.82) is 0 Å². The van der Waals surface area contributed by atoms with Gasteiger partial charge in [-0.1, -0.05) is 18.2 Å². The van der Waals surface area contributed by atoms with Crippen molar-refractivity contribution in [2.45, 2.75) is 13.0 Å². The van der Waals surface area contributed by atoms with E-state index >= 15 is 0 Å². The van der Waals surface area contributed by atoms with Gasteiger partial charge in [-0.25, -0.2) is 0 Å². The van der Waals surface area contributed by atoms with E-state index in [-0.39, 0.29) is 5.78 Å². The molecule has 76 valence electrons. The van der Waals surface area contributed by atoms with E-state index in [0.717, 1.165) is 10.9 Å². The second-order valence-electron chi connectivity index (χ2n) is 3.56. The number of Topliss-reactive ketones (excluding diaryl/α,β-unsaturated/α-hetero) is 1. The van der Waals surface area contributed by atoms with Gasteiger partial charge in [0.2, 0.25) is 0 Å². The number of fused-ring (bicyclic) bond motifs is 1. The molecule has 0 aliphatic rings. The Morgan fingerprint density at radius 2 is 2.20 bits per heavy atom. The summed E-state index contributed by atoms with van der Waals surface area (Å²) >= 11 is 0. The Bertz CT molecular complexity index is 506. The molecule has 0 amide bonds. The molecule has 1 aromatic heterocycles.